The number of hydrogen-bond acceptors (Lipinski definition) is 5. The Kier molecular flexibility index (Phi) is 2.87. The lowest BCUT2D eigenvalue weighted by Gasteiger charge is -2.08. The highest BCUT2D eigenvalue weighted by atomic mass is 35.5. The van der Waals surface area contributed by atoms with E-state index in [1.165, 1.54) is 0 Å². The maximum absolute atomic E-state index is 5.76. The summed E-state index contributed by atoms with van der Waals surface area (Å²) in [6.07, 6.45) is 1.08. The fourth-order valence-electron chi connectivity index (χ4n) is 2.27. The summed E-state index contributed by atoms with van der Waals surface area (Å²) < 4.78 is 16.2. The average molecular weight is 269 g/mol. The van der Waals surface area contributed by atoms with Crippen LogP contribution < -0.4 is 0 Å². The normalized spacial score (nSPS) is 27.8. The van der Waals surface area contributed by atoms with E-state index in [1.54, 1.807) is 12.1 Å². The summed E-state index contributed by atoms with van der Waals surface area (Å²) >= 11 is 5.71. The summed E-state index contributed by atoms with van der Waals surface area (Å²) in [5.74, 6) is 1.75. The summed E-state index contributed by atoms with van der Waals surface area (Å²) in [5.41, 5.74) is 0. The van der Waals surface area contributed by atoms with Crippen molar-refractivity contribution in [1.29, 1.82) is 0 Å². The minimum atomic E-state index is -0.133. The summed E-state index contributed by atoms with van der Waals surface area (Å²) in [6, 6.07) is 3.35. The second-order valence-electron chi connectivity index (χ2n) is 4.64. The molecule has 1 aliphatic rings. The maximum Gasteiger partial charge on any atom is 0.256 e. The highest BCUT2D eigenvalue weighted by molar-refractivity contribution is 6.28. The SMILES string of the molecule is CC1CC(C)C(c2nc(-c3ccc(Cl)o3)no2)O1. The van der Waals surface area contributed by atoms with Gasteiger partial charge < -0.3 is 13.7 Å². The minimum absolute atomic E-state index is 0.133. The molecule has 3 rings (SSSR count). The van der Waals surface area contributed by atoms with Crippen LogP contribution in [0.1, 0.15) is 32.3 Å². The van der Waals surface area contributed by atoms with Crippen LogP contribution in [0.5, 0.6) is 0 Å². The highest BCUT2D eigenvalue weighted by Crippen LogP contribution is 2.37. The van der Waals surface area contributed by atoms with Gasteiger partial charge in [0, 0.05) is 0 Å². The van der Waals surface area contributed by atoms with Crippen molar-refractivity contribution in [3.8, 4) is 11.6 Å². The number of nitrogens with zero attached hydrogens (tertiary/aromatic N) is 2. The topological polar surface area (TPSA) is 61.3 Å². The molecule has 1 aliphatic heterocycles. The Morgan fingerprint density at radius 2 is 2.17 bits per heavy atom. The van der Waals surface area contributed by atoms with Crippen molar-refractivity contribution in [2.45, 2.75) is 32.5 Å². The van der Waals surface area contributed by atoms with Gasteiger partial charge in [-0.2, -0.15) is 4.98 Å². The van der Waals surface area contributed by atoms with Crippen molar-refractivity contribution >= 4 is 11.6 Å². The van der Waals surface area contributed by atoms with E-state index in [4.69, 9.17) is 25.3 Å². The predicted molar refractivity (Wildman–Crippen MR) is 64.1 cm³/mol. The maximum atomic E-state index is 5.76. The molecule has 0 spiro atoms. The van der Waals surface area contributed by atoms with Gasteiger partial charge in [0.05, 0.1) is 6.10 Å². The number of rotatable bonds is 2. The second kappa shape index (κ2) is 4.40. The molecule has 3 unspecified atom stereocenters. The number of ether oxygens (including phenoxy) is 1. The van der Waals surface area contributed by atoms with Gasteiger partial charge in [-0.15, -0.1) is 0 Å². The molecule has 0 aromatic carbocycles. The number of aromatic nitrogens is 2. The zero-order valence-electron chi connectivity index (χ0n) is 10.1. The number of hydrogen-bond donors (Lipinski definition) is 0. The van der Waals surface area contributed by atoms with E-state index < -0.39 is 0 Å². The highest BCUT2D eigenvalue weighted by Gasteiger charge is 2.35. The van der Waals surface area contributed by atoms with Gasteiger partial charge in [0.15, 0.2) is 11.0 Å². The summed E-state index contributed by atoms with van der Waals surface area (Å²) in [6.45, 7) is 4.15. The smallest absolute Gasteiger partial charge is 0.256 e. The quantitative estimate of drug-likeness (QED) is 0.834. The first-order valence-corrected chi connectivity index (χ1v) is 6.26. The number of furan rings is 1. The van der Waals surface area contributed by atoms with Crippen LogP contribution in [0.4, 0.5) is 0 Å². The lowest BCUT2D eigenvalue weighted by molar-refractivity contribution is 0.0243. The van der Waals surface area contributed by atoms with Crippen LogP contribution >= 0.6 is 11.6 Å². The van der Waals surface area contributed by atoms with E-state index in [-0.39, 0.29) is 12.2 Å². The molecule has 0 radical (unpaired) electrons. The molecule has 6 heteroatoms. The standard InChI is InChI=1S/C12H13ClN2O3/c1-6-5-7(2)16-10(6)12-14-11(15-18-12)8-3-4-9(13)17-8/h3-4,6-7,10H,5H2,1-2H3. The van der Waals surface area contributed by atoms with Crippen molar-refractivity contribution in [3.05, 3.63) is 23.2 Å². The third-order valence-corrected chi connectivity index (χ3v) is 3.28. The van der Waals surface area contributed by atoms with E-state index >= 15 is 0 Å². The number of halogens is 1. The monoisotopic (exact) mass is 268 g/mol. The fourth-order valence-corrected chi connectivity index (χ4v) is 2.42. The lowest BCUT2D eigenvalue weighted by atomic mass is 10.0. The molecule has 5 nitrogen and oxygen atoms in total. The van der Waals surface area contributed by atoms with Crippen molar-refractivity contribution in [1.82, 2.24) is 10.1 Å². The van der Waals surface area contributed by atoms with E-state index in [9.17, 15) is 0 Å². The van der Waals surface area contributed by atoms with Gasteiger partial charge in [0.25, 0.3) is 5.89 Å². The fraction of sp³-hybridized carbons (Fsp3) is 0.500. The Balaban J connectivity index is 1.85. The Morgan fingerprint density at radius 3 is 2.78 bits per heavy atom. The van der Waals surface area contributed by atoms with Crippen molar-refractivity contribution < 1.29 is 13.7 Å². The van der Waals surface area contributed by atoms with Crippen molar-refractivity contribution in [2.75, 3.05) is 0 Å². The van der Waals surface area contributed by atoms with Gasteiger partial charge >= 0.3 is 0 Å². The first-order chi connectivity index (χ1) is 8.63. The first-order valence-electron chi connectivity index (χ1n) is 5.88. The molecular weight excluding hydrogens is 256 g/mol. The van der Waals surface area contributed by atoms with Crippen LogP contribution in [0, 0.1) is 5.92 Å². The largest absolute Gasteiger partial charge is 0.441 e. The van der Waals surface area contributed by atoms with E-state index in [2.05, 4.69) is 17.1 Å². The summed E-state index contributed by atoms with van der Waals surface area (Å²) in [4.78, 5) is 4.31. The van der Waals surface area contributed by atoms with E-state index in [0.29, 0.717) is 28.6 Å². The zero-order chi connectivity index (χ0) is 12.7. The molecule has 3 atom stereocenters. The molecule has 0 N–H and O–H groups in total. The molecule has 0 aliphatic carbocycles. The lowest BCUT2D eigenvalue weighted by Crippen LogP contribution is -2.04. The zero-order valence-corrected chi connectivity index (χ0v) is 10.8. The second-order valence-corrected chi connectivity index (χ2v) is 5.01. The predicted octanol–water partition coefficient (Wildman–Crippen LogP) is 3.47. The van der Waals surface area contributed by atoms with Crippen LogP contribution in [-0.2, 0) is 4.74 Å². The Labute approximate surface area is 109 Å². The molecule has 18 heavy (non-hydrogen) atoms. The van der Waals surface area contributed by atoms with Gasteiger partial charge in [0.1, 0.15) is 6.10 Å². The Morgan fingerprint density at radius 1 is 1.33 bits per heavy atom. The molecule has 0 saturated carbocycles. The van der Waals surface area contributed by atoms with E-state index in [1.807, 2.05) is 6.92 Å². The van der Waals surface area contributed by atoms with Gasteiger partial charge in [-0.25, -0.2) is 0 Å². The van der Waals surface area contributed by atoms with Crippen LogP contribution in [-0.4, -0.2) is 16.2 Å². The first kappa shape index (κ1) is 11.7. The molecule has 3 heterocycles. The molecule has 2 aromatic heterocycles. The van der Waals surface area contributed by atoms with Crippen LogP contribution in [0.3, 0.4) is 0 Å². The molecule has 1 fully saturated rings. The summed E-state index contributed by atoms with van der Waals surface area (Å²) in [7, 11) is 0. The summed E-state index contributed by atoms with van der Waals surface area (Å²) in [5, 5.41) is 4.19. The van der Waals surface area contributed by atoms with Gasteiger partial charge in [-0.1, -0.05) is 12.1 Å². The van der Waals surface area contributed by atoms with Crippen molar-refractivity contribution in [3.63, 3.8) is 0 Å². The van der Waals surface area contributed by atoms with E-state index in [0.717, 1.165) is 6.42 Å². The van der Waals surface area contributed by atoms with Crippen molar-refractivity contribution in [2.24, 2.45) is 5.92 Å². The Bertz CT molecular complexity index is 551. The molecule has 2 aromatic rings. The molecule has 96 valence electrons. The van der Waals surface area contributed by atoms with Crippen LogP contribution in [0.2, 0.25) is 5.22 Å². The third-order valence-electron chi connectivity index (χ3n) is 3.08. The average Bonchev–Trinajstić information content (AvgIpc) is 2.98. The van der Waals surface area contributed by atoms with Gasteiger partial charge in [-0.3, -0.25) is 0 Å². The minimum Gasteiger partial charge on any atom is -0.441 e. The molecule has 0 amide bonds. The molecule has 1 saturated heterocycles. The molecular formula is C12H13ClN2O3. The van der Waals surface area contributed by atoms with Gasteiger partial charge in [0.2, 0.25) is 5.82 Å². The van der Waals surface area contributed by atoms with Crippen LogP contribution in [0.25, 0.3) is 11.6 Å². The Hall–Kier alpha value is -1.33. The van der Waals surface area contributed by atoms with Gasteiger partial charge in [-0.05, 0) is 43.0 Å². The molecule has 0 bridgehead atoms. The third kappa shape index (κ3) is 2.04. The van der Waals surface area contributed by atoms with Crippen LogP contribution in [0.15, 0.2) is 21.1 Å².